The summed E-state index contributed by atoms with van der Waals surface area (Å²) in [5, 5.41) is 4.89. The average molecular weight is 554 g/mol. The van der Waals surface area contributed by atoms with Gasteiger partial charge in [0, 0.05) is 48.2 Å². The number of hydrogen-bond donors (Lipinski definition) is 2. The smallest absolute Gasteiger partial charge is 0.319 e. The van der Waals surface area contributed by atoms with Gasteiger partial charge in [0.15, 0.2) is 10.9 Å². The van der Waals surface area contributed by atoms with Gasteiger partial charge in [-0.2, -0.15) is 9.97 Å². The highest BCUT2D eigenvalue weighted by molar-refractivity contribution is 7.22. The zero-order chi connectivity index (χ0) is 26.0. The molecular weight excluding hydrogens is 525 g/mol. The van der Waals surface area contributed by atoms with E-state index in [2.05, 4.69) is 32.1 Å². The Labute approximate surface area is 229 Å². The number of piperidine rings is 1. The van der Waals surface area contributed by atoms with E-state index in [0.29, 0.717) is 57.0 Å². The molecule has 38 heavy (non-hydrogen) atoms. The molecule has 2 aromatic carbocycles. The largest absolute Gasteiger partial charge is 0.462 e. The first kappa shape index (κ1) is 24.3. The summed E-state index contributed by atoms with van der Waals surface area (Å²) in [5.74, 6) is 0.699. The van der Waals surface area contributed by atoms with Crippen LogP contribution in [-0.2, 0) is 0 Å². The Balaban J connectivity index is 1.37. The van der Waals surface area contributed by atoms with Crippen molar-refractivity contribution in [1.82, 2.24) is 25.2 Å². The van der Waals surface area contributed by atoms with E-state index in [9.17, 15) is 0 Å². The van der Waals surface area contributed by atoms with Crippen LogP contribution in [0.2, 0.25) is 5.02 Å². The molecule has 5 heterocycles. The van der Waals surface area contributed by atoms with Crippen LogP contribution in [0.3, 0.4) is 0 Å². The van der Waals surface area contributed by atoms with Crippen LogP contribution in [0.1, 0.15) is 19.3 Å². The SMILES string of the molecule is CN1CCC[C@H]1COc1nc(N2CC3CNC(C3)C2)c2cc(Cl)c(-c3cccc4sc(N)nc34)c(F)c2n1. The highest BCUT2D eigenvalue weighted by Gasteiger charge is 2.35. The summed E-state index contributed by atoms with van der Waals surface area (Å²) in [7, 11) is 2.10. The van der Waals surface area contributed by atoms with Gasteiger partial charge in [-0.1, -0.05) is 35.1 Å². The zero-order valence-electron chi connectivity index (χ0n) is 21.1. The van der Waals surface area contributed by atoms with E-state index < -0.39 is 5.82 Å². The minimum absolute atomic E-state index is 0.196. The van der Waals surface area contributed by atoms with Gasteiger partial charge in [0.25, 0.3) is 0 Å². The van der Waals surface area contributed by atoms with Crippen molar-refractivity contribution >= 4 is 55.0 Å². The minimum atomic E-state index is -0.504. The van der Waals surface area contributed by atoms with Gasteiger partial charge in [0.05, 0.1) is 15.2 Å². The molecule has 0 aliphatic carbocycles. The van der Waals surface area contributed by atoms with Crippen molar-refractivity contribution in [3.63, 3.8) is 0 Å². The molecule has 0 radical (unpaired) electrons. The van der Waals surface area contributed by atoms with Crippen molar-refractivity contribution in [3.8, 4) is 17.1 Å². The van der Waals surface area contributed by atoms with Crippen molar-refractivity contribution in [2.75, 3.05) is 50.5 Å². The van der Waals surface area contributed by atoms with E-state index >= 15 is 4.39 Å². The van der Waals surface area contributed by atoms with Gasteiger partial charge in [0.1, 0.15) is 17.9 Å². The van der Waals surface area contributed by atoms with Crippen LogP contribution in [0.15, 0.2) is 24.3 Å². The number of likely N-dealkylation sites (N-methyl/N-ethyl adjacent to an activating group) is 1. The number of nitrogen functional groups attached to an aromatic ring is 1. The first-order chi connectivity index (χ1) is 18.4. The van der Waals surface area contributed by atoms with E-state index in [1.165, 1.54) is 11.3 Å². The summed E-state index contributed by atoms with van der Waals surface area (Å²) in [4.78, 5) is 18.4. The summed E-state index contributed by atoms with van der Waals surface area (Å²) in [6.07, 6.45) is 3.35. The molecule has 2 unspecified atom stereocenters. The van der Waals surface area contributed by atoms with E-state index in [-0.39, 0.29) is 17.1 Å². The maximum Gasteiger partial charge on any atom is 0.319 e. The number of ether oxygens (including phenoxy) is 1. The van der Waals surface area contributed by atoms with Gasteiger partial charge in [-0.25, -0.2) is 9.37 Å². The second-order valence-corrected chi connectivity index (χ2v) is 12.1. The number of fused-ring (bicyclic) bond motifs is 4. The molecule has 198 valence electrons. The Bertz CT molecular complexity index is 1540. The second-order valence-electron chi connectivity index (χ2n) is 10.7. The Morgan fingerprint density at radius 1 is 1.24 bits per heavy atom. The van der Waals surface area contributed by atoms with Gasteiger partial charge in [-0.05, 0) is 50.9 Å². The van der Waals surface area contributed by atoms with Gasteiger partial charge in [-0.3, -0.25) is 0 Å². The molecule has 8 nitrogen and oxygen atoms in total. The molecule has 3 aliphatic heterocycles. The number of nitrogens with two attached hydrogens (primary N) is 1. The topological polar surface area (TPSA) is 92.4 Å². The van der Waals surface area contributed by atoms with Crippen molar-refractivity contribution in [3.05, 3.63) is 35.1 Å². The highest BCUT2D eigenvalue weighted by atomic mass is 35.5. The van der Waals surface area contributed by atoms with Gasteiger partial charge < -0.3 is 25.6 Å². The Kier molecular flexibility index (Phi) is 6.03. The molecular formula is C27H29ClFN7OS. The number of nitrogens with one attached hydrogen (secondary N) is 1. The normalized spacial score (nSPS) is 23.7. The predicted octanol–water partition coefficient (Wildman–Crippen LogP) is 4.55. The predicted molar refractivity (Wildman–Crippen MR) is 151 cm³/mol. The summed E-state index contributed by atoms with van der Waals surface area (Å²) in [5.41, 5.74) is 7.67. The van der Waals surface area contributed by atoms with Crippen LogP contribution >= 0.6 is 22.9 Å². The molecule has 3 fully saturated rings. The average Bonchev–Trinajstić information content (AvgIpc) is 3.59. The number of anilines is 2. The molecule has 0 saturated carbocycles. The first-order valence-corrected chi connectivity index (χ1v) is 14.3. The van der Waals surface area contributed by atoms with Crippen LogP contribution in [0.25, 0.3) is 32.2 Å². The van der Waals surface area contributed by atoms with Crippen LogP contribution in [0, 0.1) is 11.7 Å². The summed E-state index contributed by atoms with van der Waals surface area (Å²) in [6, 6.07) is 8.28. The van der Waals surface area contributed by atoms with Crippen molar-refractivity contribution in [1.29, 1.82) is 0 Å². The number of para-hydroxylation sites is 1. The standard InChI is InChI=1S/C27H29ClFN7OS/c1-35-7-3-4-16(35)13-37-27-33-24-18(25(34-27)36-11-14-8-15(12-36)31-10-14)9-19(28)21(22(24)29)17-5-2-6-20-23(17)32-26(30)38-20/h2,5-6,9,14-16,31H,3-4,7-8,10-13H2,1H3,(H2,30,32)/t14?,15?,16-/m0/s1. The maximum atomic E-state index is 16.5. The lowest BCUT2D eigenvalue weighted by Crippen LogP contribution is -2.41. The third kappa shape index (κ3) is 4.14. The molecule has 3 saturated heterocycles. The molecule has 3 N–H and O–H groups in total. The van der Waals surface area contributed by atoms with Gasteiger partial charge >= 0.3 is 6.01 Å². The lowest BCUT2D eigenvalue weighted by molar-refractivity contribution is 0.188. The van der Waals surface area contributed by atoms with Crippen molar-refractivity contribution in [2.24, 2.45) is 5.92 Å². The van der Waals surface area contributed by atoms with Gasteiger partial charge in [-0.15, -0.1) is 0 Å². The minimum Gasteiger partial charge on any atom is -0.462 e. The van der Waals surface area contributed by atoms with Crippen LogP contribution in [0.5, 0.6) is 6.01 Å². The van der Waals surface area contributed by atoms with Crippen LogP contribution < -0.4 is 20.7 Å². The molecule has 3 atom stereocenters. The third-order valence-electron chi connectivity index (χ3n) is 8.16. The maximum absolute atomic E-state index is 16.5. The second kappa shape index (κ2) is 9.44. The Morgan fingerprint density at radius 2 is 2.13 bits per heavy atom. The molecule has 0 spiro atoms. The van der Waals surface area contributed by atoms with E-state index in [1.807, 2.05) is 18.2 Å². The van der Waals surface area contributed by atoms with E-state index in [1.54, 1.807) is 6.07 Å². The number of nitrogens with zero attached hydrogens (tertiary/aromatic N) is 5. The quantitative estimate of drug-likeness (QED) is 0.372. The number of hydrogen-bond acceptors (Lipinski definition) is 9. The fraction of sp³-hybridized carbons (Fsp3) is 0.444. The molecule has 2 bridgehead atoms. The fourth-order valence-corrected chi connectivity index (χ4v) is 7.30. The number of aromatic nitrogens is 3. The Morgan fingerprint density at radius 3 is 2.95 bits per heavy atom. The summed E-state index contributed by atoms with van der Waals surface area (Å²) < 4.78 is 23.5. The fourth-order valence-electron chi connectivity index (χ4n) is 6.25. The van der Waals surface area contributed by atoms with Crippen molar-refractivity contribution in [2.45, 2.75) is 31.3 Å². The number of halogens is 2. The lowest BCUT2D eigenvalue weighted by Gasteiger charge is -2.33. The molecule has 2 aromatic heterocycles. The molecule has 0 amide bonds. The van der Waals surface area contributed by atoms with Gasteiger partial charge in [0.2, 0.25) is 0 Å². The van der Waals surface area contributed by atoms with Crippen LogP contribution in [-0.4, -0.2) is 71.8 Å². The lowest BCUT2D eigenvalue weighted by atomic mass is 9.98. The monoisotopic (exact) mass is 553 g/mol. The number of likely N-dealkylation sites (tertiary alicyclic amines) is 1. The number of benzene rings is 2. The first-order valence-electron chi connectivity index (χ1n) is 13.1. The zero-order valence-corrected chi connectivity index (χ0v) is 22.7. The Hall–Kier alpha value is -2.79. The van der Waals surface area contributed by atoms with E-state index in [0.717, 1.165) is 50.1 Å². The van der Waals surface area contributed by atoms with E-state index in [4.69, 9.17) is 27.1 Å². The third-order valence-corrected chi connectivity index (χ3v) is 9.30. The molecule has 11 heteroatoms. The number of thiazole rings is 1. The molecule has 3 aliphatic rings. The molecule has 4 aromatic rings. The summed E-state index contributed by atoms with van der Waals surface area (Å²) in [6.45, 7) is 4.14. The number of rotatable bonds is 5. The highest BCUT2D eigenvalue weighted by Crippen LogP contribution is 2.42. The van der Waals surface area contributed by atoms with Crippen molar-refractivity contribution < 1.29 is 9.13 Å². The van der Waals surface area contributed by atoms with Crippen LogP contribution in [0.4, 0.5) is 15.3 Å². The summed E-state index contributed by atoms with van der Waals surface area (Å²) >= 11 is 8.18. The molecule has 7 rings (SSSR count).